The fraction of sp³-hybridized carbons (Fsp3) is 0.0833. The summed E-state index contributed by atoms with van der Waals surface area (Å²) in [6.45, 7) is 0.410. The molecule has 0 saturated heterocycles. The predicted molar refractivity (Wildman–Crippen MR) is 78.4 cm³/mol. The summed E-state index contributed by atoms with van der Waals surface area (Å²) in [6, 6.07) is 6.86. The van der Waals surface area contributed by atoms with E-state index in [1.807, 2.05) is 22.6 Å². The molecule has 1 aromatic heterocycles. The molecule has 0 aliphatic rings. The Morgan fingerprint density at radius 1 is 1.37 bits per heavy atom. The molecule has 0 bridgehead atoms. The normalized spacial score (nSPS) is 10.2. The summed E-state index contributed by atoms with van der Waals surface area (Å²) in [5.74, 6) is 4.70. The molecule has 0 radical (unpaired) electrons. The van der Waals surface area contributed by atoms with Gasteiger partial charge in [0.15, 0.2) is 0 Å². The fourth-order valence-electron chi connectivity index (χ4n) is 1.58. The van der Waals surface area contributed by atoms with E-state index in [0.29, 0.717) is 15.7 Å². The lowest BCUT2D eigenvalue weighted by atomic mass is 10.1. The van der Waals surface area contributed by atoms with E-state index in [0.717, 1.165) is 5.56 Å². The number of hydrogen-bond acceptors (Lipinski definition) is 4. The molecule has 6 nitrogen and oxygen atoms in total. The van der Waals surface area contributed by atoms with Crippen LogP contribution in [0.2, 0.25) is 0 Å². The summed E-state index contributed by atoms with van der Waals surface area (Å²) in [4.78, 5) is 27.1. The van der Waals surface area contributed by atoms with Gasteiger partial charge in [0.1, 0.15) is 0 Å². The Morgan fingerprint density at radius 3 is 2.68 bits per heavy atom. The summed E-state index contributed by atoms with van der Waals surface area (Å²) in [7, 11) is 0. The van der Waals surface area contributed by atoms with Crippen molar-refractivity contribution in [3.8, 4) is 0 Å². The Bertz CT molecular complexity index is 652. The molecule has 0 unspecified atom stereocenters. The van der Waals surface area contributed by atoms with Gasteiger partial charge in [0.2, 0.25) is 0 Å². The second-order valence-corrected chi connectivity index (χ2v) is 5.01. The molecule has 0 spiro atoms. The van der Waals surface area contributed by atoms with Crippen molar-refractivity contribution in [2.24, 2.45) is 5.84 Å². The maximum absolute atomic E-state index is 11.8. The molecule has 0 fully saturated rings. The highest BCUT2D eigenvalue weighted by atomic mass is 127. The van der Waals surface area contributed by atoms with Crippen LogP contribution in [0, 0.1) is 3.57 Å². The van der Waals surface area contributed by atoms with E-state index in [1.165, 1.54) is 17.1 Å². The summed E-state index contributed by atoms with van der Waals surface area (Å²) in [6.07, 6.45) is 3.01. The van der Waals surface area contributed by atoms with Gasteiger partial charge in [-0.2, -0.15) is 0 Å². The standard InChI is InChI=1S/C12H11IN4O2/c13-10-5-15-7-17(12(10)19)6-8-1-3-9(4-2-8)11(18)16-14/h1-5,7H,6,14H2,(H,16,18). The number of halogens is 1. The first-order valence-corrected chi connectivity index (χ1v) is 6.49. The summed E-state index contributed by atoms with van der Waals surface area (Å²) >= 11 is 1.95. The topological polar surface area (TPSA) is 90.0 Å². The molecule has 1 aromatic carbocycles. The summed E-state index contributed by atoms with van der Waals surface area (Å²) in [5.41, 5.74) is 3.35. The Hall–Kier alpha value is -1.74. The van der Waals surface area contributed by atoms with Crippen LogP contribution in [-0.2, 0) is 6.54 Å². The minimum atomic E-state index is -0.348. The molecule has 0 aliphatic heterocycles. The van der Waals surface area contributed by atoms with Crippen molar-refractivity contribution in [3.63, 3.8) is 0 Å². The van der Waals surface area contributed by atoms with Gasteiger partial charge < -0.3 is 0 Å². The molecule has 98 valence electrons. The van der Waals surface area contributed by atoms with Crippen LogP contribution in [0.25, 0.3) is 0 Å². The molecule has 2 rings (SSSR count). The number of rotatable bonds is 3. The maximum Gasteiger partial charge on any atom is 0.267 e. The van der Waals surface area contributed by atoms with Crippen molar-refractivity contribution in [2.45, 2.75) is 6.54 Å². The van der Waals surface area contributed by atoms with Gasteiger partial charge in [-0.15, -0.1) is 0 Å². The van der Waals surface area contributed by atoms with Crippen molar-refractivity contribution in [2.75, 3.05) is 0 Å². The average molecular weight is 370 g/mol. The molecular weight excluding hydrogens is 359 g/mol. The molecule has 0 atom stereocenters. The number of nitrogens with two attached hydrogens (primary N) is 1. The number of benzene rings is 1. The smallest absolute Gasteiger partial charge is 0.267 e. The zero-order valence-electron chi connectivity index (χ0n) is 9.84. The number of carbonyl (C=O) groups excluding carboxylic acids is 1. The van der Waals surface area contributed by atoms with Crippen molar-refractivity contribution in [1.82, 2.24) is 15.0 Å². The van der Waals surface area contributed by atoms with Crippen LogP contribution in [-0.4, -0.2) is 15.5 Å². The van der Waals surface area contributed by atoms with Crippen LogP contribution < -0.4 is 16.8 Å². The number of carbonyl (C=O) groups is 1. The number of hydrazine groups is 1. The Kier molecular flexibility index (Phi) is 4.27. The van der Waals surface area contributed by atoms with Gasteiger partial charge in [-0.05, 0) is 40.3 Å². The van der Waals surface area contributed by atoms with Crippen LogP contribution >= 0.6 is 22.6 Å². The zero-order chi connectivity index (χ0) is 13.8. The molecule has 0 saturated carbocycles. The predicted octanol–water partition coefficient (Wildman–Crippen LogP) is 0.500. The Labute approximate surface area is 122 Å². The van der Waals surface area contributed by atoms with Crippen LogP contribution in [0.3, 0.4) is 0 Å². The molecule has 1 heterocycles. The molecule has 19 heavy (non-hydrogen) atoms. The van der Waals surface area contributed by atoms with Crippen LogP contribution in [0.4, 0.5) is 0 Å². The van der Waals surface area contributed by atoms with Crippen molar-refractivity contribution >= 4 is 28.5 Å². The lowest BCUT2D eigenvalue weighted by Crippen LogP contribution is -2.29. The number of nitrogen functional groups attached to an aromatic ring is 1. The highest BCUT2D eigenvalue weighted by molar-refractivity contribution is 14.1. The highest BCUT2D eigenvalue weighted by Gasteiger charge is 2.05. The molecule has 3 N–H and O–H groups in total. The minimum Gasteiger partial charge on any atom is -0.294 e. The number of aromatic nitrogens is 2. The van der Waals surface area contributed by atoms with Gasteiger partial charge in [-0.3, -0.25) is 19.6 Å². The van der Waals surface area contributed by atoms with Gasteiger partial charge in [0, 0.05) is 11.8 Å². The van der Waals surface area contributed by atoms with E-state index in [1.54, 1.807) is 24.3 Å². The largest absolute Gasteiger partial charge is 0.294 e. The van der Waals surface area contributed by atoms with Crippen molar-refractivity contribution in [3.05, 3.63) is 61.8 Å². The highest BCUT2D eigenvalue weighted by Crippen LogP contribution is 2.05. The fourth-order valence-corrected chi connectivity index (χ4v) is 2.05. The molecule has 2 aromatic rings. The van der Waals surface area contributed by atoms with Gasteiger partial charge >= 0.3 is 0 Å². The lowest BCUT2D eigenvalue weighted by molar-refractivity contribution is 0.0953. The second kappa shape index (κ2) is 5.93. The summed E-state index contributed by atoms with van der Waals surface area (Å²) < 4.78 is 2.08. The number of amides is 1. The Morgan fingerprint density at radius 2 is 2.05 bits per heavy atom. The first-order chi connectivity index (χ1) is 9.11. The first kappa shape index (κ1) is 13.7. The van der Waals surface area contributed by atoms with E-state index in [-0.39, 0.29) is 11.5 Å². The van der Waals surface area contributed by atoms with Crippen molar-refractivity contribution in [1.29, 1.82) is 0 Å². The number of nitrogens with one attached hydrogen (secondary N) is 1. The SMILES string of the molecule is NNC(=O)c1ccc(Cn2cncc(I)c2=O)cc1. The number of nitrogens with zero attached hydrogens (tertiary/aromatic N) is 2. The van der Waals surface area contributed by atoms with Crippen LogP contribution in [0.1, 0.15) is 15.9 Å². The quantitative estimate of drug-likeness (QED) is 0.356. The minimum absolute atomic E-state index is 0.0839. The van der Waals surface area contributed by atoms with Gasteiger partial charge in [-0.1, -0.05) is 12.1 Å². The third-order valence-electron chi connectivity index (χ3n) is 2.56. The van der Waals surface area contributed by atoms with Gasteiger partial charge in [0.05, 0.1) is 16.4 Å². The van der Waals surface area contributed by atoms with E-state index < -0.39 is 0 Å². The first-order valence-electron chi connectivity index (χ1n) is 5.41. The van der Waals surface area contributed by atoms with E-state index >= 15 is 0 Å². The van der Waals surface area contributed by atoms with E-state index in [2.05, 4.69) is 10.4 Å². The second-order valence-electron chi connectivity index (χ2n) is 3.85. The average Bonchev–Trinajstić information content (AvgIpc) is 2.44. The summed E-state index contributed by atoms with van der Waals surface area (Å²) in [5, 5.41) is 0. The Balaban J connectivity index is 2.22. The van der Waals surface area contributed by atoms with Crippen molar-refractivity contribution < 1.29 is 4.79 Å². The van der Waals surface area contributed by atoms with Gasteiger partial charge in [-0.25, -0.2) is 10.8 Å². The van der Waals surface area contributed by atoms with Crippen LogP contribution in [0.5, 0.6) is 0 Å². The molecule has 0 aliphatic carbocycles. The monoisotopic (exact) mass is 370 g/mol. The third kappa shape index (κ3) is 3.18. The maximum atomic E-state index is 11.8. The van der Waals surface area contributed by atoms with E-state index in [4.69, 9.17) is 5.84 Å². The lowest BCUT2D eigenvalue weighted by Gasteiger charge is -2.06. The van der Waals surface area contributed by atoms with Gasteiger partial charge in [0.25, 0.3) is 11.5 Å². The molecule has 1 amide bonds. The number of hydrogen-bond donors (Lipinski definition) is 2. The van der Waals surface area contributed by atoms with Crippen LogP contribution in [0.15, 0.2) is 41.6 Å². The molecular formula is C12H11IN4O2. The zero-order valence-corrected chi connectivity index (χ0v) is 12.0. The third-order valence-corrected chi connectivity index (χ3v) is 3.30. The van der Waals surface area contributed by atoms with E-state index in [9.17, 15) is 9.59 Å². The molecule has 7 heteroatoms.